The van der Waals surface area contributed by atoms with Gasteiger partial charge in [0.15, 0.2) is 11.5 Å². The van der Waals surface area contributed by atoms with E-state index < -0.39 is 0 Å². The molecule has 3 rings (SSSR count). The molecule has 6 nitrogen and oxygen atoms in total. The maximum absolute atomic E-state index is 12.2. The molecule has 25 heavy (non-hydrogen) atoms. The van der Waals surface area contributed by atoms with Crippen molar-refractivity contribution in [1.29, 1.82) is 5.26 Å². The Morgan fingerprint density at radius 1 is 1.00 bits per heavy atom. The number of nitrogens with one attached hydrogen (secondary N) is 2. The smallest absolute Gasteiger partial charge is 0.276 e. The van der Waals surface area contributed by atoms with Crippen LogP contribution in [-0.4, -0.2) is 16.1 Å². The van der Waals surface area contributed by atoms with Crippen LogP contribution in [0, 0.1) is 18.3 Å². The summed E-state index contributed by atoms with van der Waals surface area (Å²) in [5, 5.41) is 22.8. The first-order valence-electron chi connectivity index (χ1n) is 7.63. The minimum absolute atomic E-state index is 0.208. The van der Waals surface area contributed by atoms with E-state index in [1.54, 1.807) is 30.3 Å². The lowest BCUT2D eigenvalue weighted by Gasteiger charge is -2.07. The molecule has 1 aromatic heterocycles. The van der Waals surface area contributed by atoms with Crippen LogP contribution >= 0.6 is 0 Å². The fourth-order valence-corrected chi connectivity index (χ4v) is 2.18. The number of rotatable bonds is 4. The average Bonchev–Trinajstić information content (AvgIpc) is 2.64. The highest BCUT2D eigenvalue weighted by atomic mass is 16.1. The van der Waals surface area contributed by atoms with Gasteiger partial charge in [0.25, 0.3) is 5.91 Å². The Bertz CT molecular complexity index is 927. The zero-order chi connectivity index (χ0) is 17.6. The Balaban J connectivity index is 1.70. The molecule has 0 unspecified atom stereocenters. The van der Waals surface area contributed by atoms with Gasteiger partial charge in [-0.25, -0.2) is 0 Å². The van der Waals surface area contributed by atoms with Crippen molar-refractivity contribution >= 4 is 23.1 Å². The number of para-hydroxylation sites is 1. The molecule has 0 spiro atoms. The number of nitrogens with zero attached hydrogens (tertiary/aromatic N) is 3. The number of amides is 1. The van der Waals surface area contributed by atoms with Gasteiger partial charge in [0.05, 0.1) is 11.3 Å². The van der Waals surface area contributed by atoms with Gasteiger partial charge in [0.2, 0.25) is 0 Å². The molecule has 0 aliphatic rings. The Morgan fingerprint density at radius 3 is 2.44 bits per heavy atom. The summed E-state index contributed by atoms with van der Waals surface area (Å²) in [5.41, 5.74) is 3.16. The Labute approximate surface area is 145 Å². The normalized spacial score (nSPS) is 9.92. The number of hydrogen-bond donors (Lipinski definition) is 2. The van der Waals surface area contributed by atoms with Crippen LogP contribution in [0.15, 0.2) is 60.7 Å². The van der Waals surface area contributed by atoms with Crippen LogP contribution in [0.5, 0.6) is 0 Å². The van der Waals surface area contributed by atoms with Gasteiger partial charge in [-0.2, -0.15) is 5.26 Å². The molecule has 0 saturated carbocycles. The van der Waals surface area contributed by atoms with Gasteiger partial charge < -0.3 is 10.6 Å². The minimum atomic E-state index is -0.333. The lowest BCUT2D eigenvalue weighted by Crippen LogP contribution is -2.14. The first kappa shape index (κ1) is 16.1. The molecule has 0 bridgehead atoms. The fourth-order valence-electron chi connectivity index (χ4n) is 2.18. The maximum Gasteiger partial charge on any atom is 0.276 e. The van der Waals surface area contributed by atoms with Crippen molar-refractivity contribution in [2.24, 2.45) is 0 Å². The zero-order valence-electron chi connectivity index (χ0n) is 13.5. The third-order valence-electron chi connectivity index (χ3n) is 3.52. The topological polar surface area (TPSA) is 90.7 Å². The summed E-state index contributed by atoms with van der Waals surface area (Å²) in [6.07, 6.45) is 0. The first-order chi connectivity index (χ1) is 12.2. The van der Waals surface area contributed by atoms with Gasteiger partial charge in [0, 0.05) is 5.69 Å². The van der Waals surface area contributed by atoms with Gasteiger partial charge in [-0.3, -0.25) is 4.79 Å². The van der Waals surface area contributed by atoms with Gasteiger partial charge in [-0.05, 0) is 43.3 Å². The van der Waals surface area contributed by atoms with Crippen LogP contribution < -0.4 is 10.6 Å². The van der Waals surface area contributed by atoms with E-state index in [2.05, 4.69) is 26.9 Å². The predicted molar refractivity (Wildman–Crippen MR) is 95.6 cm³/mol. The molecule has 0 aliphatic heterocycles. The van der Waals surface area contributed by atoms with Gasteiger partial charge in [-0.1, -0.05) is 29.8 Å². The van der Waals surface area contributed by atoms with Gasteiger partial charge in [0.1, 0.15) is 6.07 Å². The molecule has 0 fully saturated rings. The average molecular weight is 329 g/mol. The van der Waals surface area contributed by atoms with Crippen molar-refractivity contribution in [3.8, 4) is 6.07 Å². The van der Waals surface area contributed by atoms with Crippen molar-refractivity contribution < 1.29 is 4.79 Å². The van der Waals surface area contributed by atoms with E-state index in [1.807, 2.05) is 37.3 Å². The summed E-state index contributed by atoms with van der Waals surface area (Å²) in [5.74, 6) is 0.120. The molecule has 0 aliphatic carbocycles. The maximum atomic E-state index is 12.2. The molecule has 2 aromatic carbocycles. The van der Waals surface area contributed by atoms with E-state index in [-0.39, 0.29) is 11.6 Å². The van der Waals surface area contributed by atoms with Crippen LogP contribution in [0.4, 0.5) is 17.2 Å². The van der Waals surface area contributed by atoms with E-state index in [1.165, 1.54) is 0 Å². The number of anilines is 3. The second-order valence-corrected chi connectivity index (χ2v) is 5.41. The van der Waals surface area contributed by atoms with E-state index in [0.717, 1.165) is 5.56 Å². The number of aryl methyl sites for hydroxylation is 1. The molecule has 1 amide bonds. The van der Waals surface area contributed by atoms with Crippen molar-refractivity contribution in [1.82, 2.24) is 10.2 Å². The molecule has 3 aromatic rings. The second kappa shape index (κ2) is 7.23. The summed E-state index contributed by atoms with van der Waals surface area (Å²) in [6, 6.07) is 19.9. The molecule has 6 heteroatoms. The summed E-state index contributed by atoms with van der Waals surface area (Å²) < 4.78 is 0. The van der Waals surface area contributed by atoms with Gasteiger partial charge >= 0.3 is 0 Å². The predicted octanol–water partition coefficient (Wildman–Crippen LogP) is 3.65. The van der Waals surface area contributed by atoms with Crippen LogP contribution in [0.2, 0.25) is 0 Å². The third kappa shape index (κ3) is 3.98. The van der Waals surface area contributed by atoms with Crippen LogP contribution in [0.3, 0.4) is 0 Å². The van der Waals surface area contributed by atoms with Crippen molar-refractivity contribution in [2.45, 2.75) is 6.92 Å². The van der Waals surface area contributed by atoms with E-state index in [9.17, 15) is 4.79 Å². The molecule has 0 radical (unpaired) electrons. The molecule has 0 atom stereocenters. The summed E-state index contributed by atoms with van der Waals surface area (Å²) in [6.45, 7) is 1.98. The van der Waals surface area contributed by atoms with Crippen LogP contribution in [0.25, 0.3) is 0 Å². The summed E-state index contributed by atoms with van der Waals surface area (Å²) in [4.78, 5) is 12.2. The standard InChI is InChI=1S/C19H15N5O/c1-13-6-8-15(9-7-13)21-19(25)17-10-11-18(24-23-17)22-16-5-3-2-4-14(16)12-20/h2-11H,1H3,(H,21,25)(H,22,24). The van der Waals surface area contributed by atoms with E-state index >= 15 is 0 Å². The Hall–Kier alpha value is -3.72. The highest BCUT2D eigenvalue weighted by Crippen LogP contribution is 2.18. The number of carbonyl (C=O) groups is 1. The van der Waals surface area contributed by atoms with E-state index in [4.69, 9.17) is 5.26 Å². The van der Waals surface area contributed by atoms with E-state index in [0.29, 0.717) is 22.8 Å². The summed E-state index contributed by atoms with van der Waals surface area (Å²) >= 11 is 0. The summed E-state index contributed by atoms with van der Waals surface area (Å²) in [7, 11) is 0. The molecular formula is C19H15N5O. The molecule has 2 N–H and O–H groups in total. The monoisotopic (exact) mass is 329 g/mol. The molecular weight excluding hydrogens is 314 g/mol. The molecule has 1 heterocycles. The molecule has 0 saturated heterocycles. The fraction of sp³-hybridized carbons (Fsp3) is 0.0526. The minimum Gasteiger partial charge on any atom is -0.338 e. The Morgan fingerprint density at radius 2 is 1.76 bits per heavy atom. The quantitative estimate of drug-likeness (QED) is 0.762. The third-order valence-corrected chi connectivity index (χ3v) is 3.52. The van der Waals surface area contributed by atoms with Crippen LogP contribution in [-0.2, 0) is 0 Å². The zero-order valence-corrected chi connectivity index (χ0v) is 13.5. The number of benzene rings is 2. The SMILES string of the molecule is Cc1ccc(NC(=O)c2ccc(Nc3ccccc3C#N)nn2)cc1. The first-order valence-corrected chi connectivity index (χ1v) is 7.63. The number of aromatic nitrogens is 2. The highest BCUT2D eigenvalue weighted by molar-refractivity contribution is 6.02. The second-order valence-electron chi connectivity index (χ2n) is 5.41. The lowest BCUT2D eigenvalue weighted by atomic mass is 10.2. The van der Waals surface area contributed by atoms with Crippen LogP contribution in [0.1, 0.15) is 21.6 Å². The van der Waals surface area contributed by atoms with Crippen molar-refractivity contribution in [2.75, 3.05) is 10.6 Å². The number of nitriles is 1. The van der Waals surface area contributed by atoms with Crippen molar-refractivity contribution in [3.05, 3.63) is 77.5 Å². The van der Waals surface area contributed by atoms with Gasteiger partial charge in [-0.15, -0.1) is 10.2 Å². The highest BCUT2D eigenvalue weighted by Gasteiger charge is 2.09. The van der Waals surface area contributed by atoms with Crippen molar-refractivity contribution in [3.63, 3.8) is 0 Å². The number of hydrogen-bond acceptors (Lipinski definition) is 5. The molecule has 122 valence electrons. The number of carbonyl (C=O) groups excluding carboxylic acids is 1. The largest absolute Gasteiger partial charge is 0.338 e. The Kier molecular flexibility index (Phi) is 4.67. The lowest BCUT2D eigenvalue weighted by molar-refractivity contribution is 0.102.